The average Bonchev–Trinajstić information content (AvgIpc) is 3.02. The zero-order valence-electron chi connectivity index (χ0n) is 29.7. The van der Waals surface area contributed by atoms with Crippen LogP contribution in [0.1, 0.15) is 194 Å². The lowest BCUT2D eigenvalue weighted by atomic mass is 10.1. The van der Waals surface area contributed by atoms with Crippen molar-refractivity contribution in [1.82, 2.24) is 5.32 Å². The summed E-state index contributed by atoms with van der Waals surface area (Å²) in [4.78, 5) is 0. The maximum atomic E-state index is 5.77. The molecule has 0 unspecified atom stereocenters. The second-order valence-corrected chi connectivity index (χ2v) is 12.9. The van der Waals surface area contributed by atoms with E-state index in [-0.39, 0.29) is 0 Å². The fourth-order valence-electron chi connectivity index (χ4n) is 5.52. The van der Waals surface area contributed by atoms with Gasteiger partial charge in [-0.2, -0.15) is 0 Å². The van der Waals surface area contributed by atoms with E-state index in [4.69, 9.17) is 9.47 Å². The van der Waals surface area contributed by atoms with Gasteiger partial charge in [-0.25, -0.2) is 0 Å². The van der Waals surface area contributed by atoms with Gasteiger partial charge in [0.15, 0.2) is 0 Å². The van der Waals surface area contributed by atoms with Crippen LogP contribution in [0.25, 0.3) is 0 Å². The lowest BCUT2D eigenvalue weighted by Gasteiger charge is -2.07. The Morgan fingerprint density at radius 1 is 0.326 bits per heavy atom. The minimum absolute atomic E-state index is 0.811. The number of nitrogens with one attached hydrogen (secondary N) is 1. The SMILES string of the molecule is CCCCCCCCCCC/C=C\CCCCCOCCNCCOCCCCC/C=C\CCCCCCCCCCC. The molecular formula is C40H79NO2. The fourth-order valence-corrected chi connectivity index (χ4v) is 5.52. The van der Waals surface area contributed by atoms with E-state index in [1.165, 1.54) is 180 Å². The Bertz CT molecular complexity index is 487. The molecule has 0 aromatic heterocycles. The standard InChI is InChI=1S/C40H79NO2/c1-3-5-7-9-11-13-15-17-19-21-23-25-27-29-31-33-37-42-39-35-41-36-40-43-38-34-32-30-28-26-24-22-20-18-16-14-12-10-8-6-4-2/h23-26,41H,3-22,27-40H2,1-2H3/b25-23-,26-24-. The molecule has 0 bridgehead atoms. The Kier molecular flexibility index (Phi) is 40.7. The number of rotatable bonds is 38. The summed E-state index contributed by atoms with van der Waals surface area (Å²) in [5, 5.41) is 3.43. The molecule has 0 radical (unpaired) electrons. The van der Waals surface area contributed by atoms with Crippen molar-refractivity contribution in [3.8, 4) is 0 Å². The van der Waals surface area contributed by atoms with Crippen molar-refractivity contribution < 1.29 is 9.47 Å². The molecule has 0 aromatic rings. The monoisotopic (exact) mass is 606 g/mol. The number of unbranched alkanes of at least 4 members (excludes halogenated alkanes) is 24. The van der Waals surface area contributed by atoms with Gasteiger partial charge in [-0.05, 0) is 64.2 Å². The van der Waals surface area contributed by atoms with Crippen LogP contribution in [0.5, 0.6) is 0 Å². The minimum atomic E-state index is 0.811. The van der Waals surface area contributed by atoms with Gasteiger partial charge in [0.25, 0.3) is 0 Å². The van der Waals surface area contributed by atoms with Crippen LogP contribution >= 0.6 is 0 Å². The van der Waals surface area contributed by atoms with E-state index in [9.17, 15) is 0 Å². The first-order valence-electron chi connectivity index (χ1n) is 19.6. The maximum Gasteiger partial charge on any atom is 0.0590 e. The van der Waals surface area contributed by atoms with Crippen LogP contribution in [-0.4, -0.2) is 39.5 Å². The molecule has 0 heterocycles. The molecule has 0 fully saturated rings. The van der Waals surface area contributed by atoms with Crippen LogP contribution < -0.4 is 5.32 Å². The molecule has 0 saturated carbocycles. The van der Waals surface area contributed by atoms with Crippen molar-refractivity contribution in [2.45, 2.75) is 194 Å². The van der Waals surface area contributed by atoms with Gasteiger partial charge in [0, 0.05) is 26.3 Å². The minimum Gasteiger partial charge on any atom is -0.380 e. The Morgan fingerprint density at radius 3 is 0.930 bits per heavy atom. The van der Waals surface area contributed by atoms with E-state index < -0.39 is 0 Å². The summed E-state index contributed by atoms with van der Waals surface area (Å²) in [6.45, 7) is 9.86. The predicted octanol–water partition coefficient (Wildman–Crippen LogP) is 12.7. The van der Waals surface area contributed by atoms with Gasteiger partial charge < -0.3 is 14.8 Å². The lowest BCUT2D eigenvalue weighted by molar-refractivity contribution is 0.117. The summed E-state index contributed by atoms with van der Waals surface area (Å²) < 4.78 is 11.5. The number of allylic oxidation sites excluding steroid dienone is 4. The summed E-state index contributed by atoms with van der Waals surface area (Å²) in [5.41, 5.74) is 0. The first-order chi connectivity index (χ1) is 21.4. The van der Waals surface area contributed by atoms with Gasteiger partial charge in [-0.3, -0.25) is 0 Å². The second-order valence-electron chi connectivity index (χ2n) is 12.9. The number of hydrogen-bond acceptors (Lipinski definition) is 3. The highest BCUT2D eigenvalue weighted by molar-refractivity contribution is 4.82. The average molecular weight is 606 g/mol. The molecule has 0 aromatic carbocycles. The molecule has 43 heavy (non-hydrogen) atoms. The molecular weight excluding hydrogens is 526 g/mol. The Balaban J connectivity index is 3.11. The van der Waals surface area contributed by atoms with Crippen molar-refractivity contribution in [2.75, 3.05) is 39.5 Å². The van der Waals surface area contributed by atoms with Crippen molar-refractivity contribution >= 4 is 0 Å². The largest absolute Gasteiger partial charge is 0.380 e. The molecule has 0 aliphatic heterocycles. The maximum absolute atomic E-state index is 5.77. The van der Waals surface area contributed by atoms with Crippen molar-refractivity contribution in [1.29, 1.82) is 0 Å². The van der Waals surface area contributed by atoms with Gasteiger partial charge in [0.1, 0.15) is 0 Å². The summed E-state index contributed by atoms with van der Waals surface area (Å²) >= 11 is 0. The molecule has 0 amide bonds. The van der Waals surface area contributed by atoms with E-state index in [0.717, 1.165) is 39.5 Å². The van der Waals surface area contributed by atoms with Crippen LogP contribution in [0.4, 0.5) is 0 Å². The molecule has 0 spiro atoms. The lowest BCUT2D eigenvalue weighted by Crippen LogP contribution is -2.24. The smallest absolute Gasteiger partial charge is 0.0590 e. The third kappa shape index (κ3) is 41.4. The molecule has 0 atom stereocenters. The van der Waals surface area contributed by atoms with E-state index in [0.29, 0.717) is 0 Å². The van der Waals surface area contributed by atoms with Crippen LogP contribution in [-0.2, 0) is 9.47 Å². The van der Waals surface area contributed by atoms with E-state index in [1.54, 1.807) is 0 Å². The van der Waals surface area contributed by atoms with Gasteiger partial charge in [0.05, 0.1) is 13.2 Å². The number of ether oxygens (including phenoxy) is 2. The van der Waals surface area contributed by atoms with Crippen LogP contribution in [0, 0.1) is 0 Å². The molecule has 1 N–H and O–H groups in total. The zero-order valence-corrected chi connectivity index (χ0v) is 29.7. The first kappa shape index (κ1) is 42.4. The van der Waals surface area contributed by atoms with E-state index >= 15 is 0 Å². The van der Waals surface area contributed by atoms with E-state index in [2.05, 4.69) is 43.5 Å². The van der Waals surface area contributed by atoms with Crippen molar-refractivity contribution in [3.63, 3.8) is 0 Å². The Labute approximate surface area is 271 Å². The molecule has 0 aliphatic rings. The van der Waals surface area contributed by atoms with Crippen LogP contribution in [0.2, 0.25) is 0 Å². The third-order valence-electron chi connectivity index (χ3n) is 8.45. The summed E-state index contributed by atoms with van der Waals surface area (Å²) in [5.74, 6) is 0. The highest BCUT2D eigenvalue weighted by atomic mass is 16.5. The van der Waals surface area contributed by atoms with Crippen molar-refractivity contribution in [2.24, 2.45) is 0 Å². The molecule has 0 saturated heterocycles. The summed E-state index contributed by atoms with van der Waals surface area (Å²) in [6.07, 6.45) is 47.7. The molecule has 3 nitrogen and oxygen atoms in total. The molecule has 0 aliphatic carbocycles. The second kappa shape index (κ2) is 41.4. The number of hydrogen-bond donors (Lipinski definition) is 1. The molecule has 256 valence electrons. The van der Waals surface area contributed by atoms with Gasteiger partial charge >= 0.3 is 0 Å². The topological polar surface area (TPSA) is 30.5 Å². The predicted molar refractivity (Wildman–Crippen MR) is 193 cm³/mol. The zero-order chi connectivity index (χ0) is 31.0. The van der Waals surface area contributed by atoms with Gasteiger partial charge in [0.2, 0.25) is 0 Å². The quantitative estimate of drug-likeness (QED) is 0.0561. The van der Waals surface area contributed by atoms with Crippen LogP contribution in [0.3, 0.4) is 0 Å². The highest BCUT2D eigenvalue weighted by Gasteiger charge is 1.95. The molecule has 0 rings (SSSR count). The highest BCUT2D eigenvalue weighted by Crippen LogP contribution is 2.12. The van der Waals surface area contributed by atoms with Gasteiger partial charge in [-0.1, -0.05) is 154 Å². The summed E-state index contributed by atoms with van der Waals surface area (Å²) in [6, 6.07) is 0. The van der Waals surface area contributed by atoms with Crippen molar-refractivity contribution in [3.05, 3.63) is 24.3 Å². The van der Waals surface area contributed by atoms with Crippen LogP contribution in [0.15, 0.2) is 24.3 Å². The normalized spacial score (nSPS) is 12.0. The first-order valence-corrected chi connectivity index (χ1v) is 19.6. The summed E-state index contributed by atoms with van der Waals surface area (Å²) in [7, 11) is 0. The fraction of sp³-hybridized carbons (Fsp3) is 0.900. The van der Waals surface area contributed by atoms with E-state index in [1.807, 2.05) is 0 Å². The Morgan fingerprint density at radius 2 is 0.605 bits per heavy atom. The Hall–Kier alpha value is -0.640. The van der Waals surface area contributed by atoms with Gasteiger partial charge in [-0.15, -0.1) is 0 Å². The third-order valence-corrected chi connectivity index (χ3v) is 8.45. The molecule has 3 heteroatoms.